The van der Waals surface area contributed by atoms with Gasteiger partial charge in [0, 0.05) is 43.6 Å². The summed E-state index contributed by atoms with van der Waals surface area (Å²) in [5.74, 6) is -0.429. The Hall–Kier alpha value is -2.22. The molecule has 2 aliphatic rings. The van der Waals surface area contributed by atoms with Crippen LogP contribution in [0, 0.1) is 5.92 Å². The summed E-state index contributed by atoms with van der Waals surface area (Å²) in [7, 11) is 0. The lowest BCUT2D eigenvalue weighted by atomic mass is 10.1. The van der Waals surface area contributed by atoms with Gasteiger partial charge >= 0.3 is 0 Å². The third kappa shape index (κ3) is 5.53. The minimum Gasteiger partial charge on any atom is -0.376 e. The van der Waals surface area contributed by atoms with Gasteiger partial charge in [0.15, 0.2) is 0 Å². The molecular formula is C24H28BrN3O3. The van der Waals surface area contributed by atoms with E-state index in [4.69, 9.17) is 4.74 Å². The average Bonchev–Trinajstić information content (AvgIpc) is 3.14. The van der Waals surface area contributed by atoms with Crippen molar-refractivity contribution in [2.75, 3.05) is 31.1 Å². The number of para-hydroxylation sites is 1. The van der Waals surface area contributed by atoms with Gasteiger partial charge in [0.1, 0.15) is 0 Å². The Kier molecular flexibility index (Phi) is 7.05. The van der Waals surface area contributed by atoms with Crippen molar-refractivity contribution >= 4 is 33.4 Å². The second-order valence-electron chi connectivity index (χ2n) is 8.31. The molecule has 0 spiro atoms. The van der Waals surface area contributed by atoms with E-state index in [0.717, 1.165) is 42.0 Å². The highest BCUT2D eigenvalue weighted by Crippen LogP contribution is 2.31. The van der Waals surface area contributed by atoms with Gasteiger partial charge in [-0.15, -0.1) is 0 Å². The topological polar surface area (TPSA) is 61.9 Å². The molecule has 0 aliphatic carbocycles. The molecule has 2 aromatic carbocycles. The lowest BCUT2D eigenvalue weighted by Gasteiger charge is -2.31. The number of ether oxygens (including phenoxy) is 1. The highest BCUT2D eigenvalue weighted by Gasteiger charge is 2.35. The number of morpholine rings is 1. The molecule has 2 aromatic rings. The van der Waals surface area contributed by atoms with Crippen LogP contribution in [0.25, 0.3) is 0 Å². The fraction of sp³-hybridized carbons (Fsp3) is 0.417. The van der Waals surface area contributed by atoms with Gasteiger partial charge in [-0.3, -0.25) is 14.5 Å². The third-order valence-electron chi connectivity index (χ3n) is 5.83. The number of nitrogens with one attached hydrogen (secondary N) is 1. The van der Waals surface area contributed by atoms with Crippen LogP contribution < -0.4 is 10.2 Å². The number of benzene rings is 2. The van der Waals surface area contributed by atoms with Gasteiger partial charge in [-0.05, 0) is 46.1 Å². The predicted octanol–water partition coefficient (Wildman–Crippen LogP) is 3.34. The van der Waals surface area contributed by atoms with E-state index >= 15 is 0 Å². The van der Waals surface area contributed by atoms with E-state index in [-0.39, 0.29) is 30.3 Å². The van der Waals surface area contributed by atoms with E-state index in [9.17, 15) is 9.59 Å². The zero-order valence-electron chi connectivity index (χ0n) is 17.7. The van der Waals surface area contributed by atoms with Crippen LogP contribution in [0.1, 0.15) is 24.5 Å². The van der Waals surface area contributed by atoms with E-state index in [1.807, 2.05) is 36.4 Å². The summed E-state index contributed by atoms with van der Waals surface area (Å²) >= 11 is 3.49. The molecular weight excluding hydrogens is 458 g/mol. The van der Waals surface area contributed by atoms with E-state index in [0.29, 0.717) is 13.1 Å². The second-order valence-corrected chi connectivity index (χ2v) is 9.17. The summed E-state index contributed by atoms with van der Waals surface area (Å²) in [6, 6.07) is 15.9. The molecule has 7 heteroatoms. The minimum absolute atomic E-state index is 0.0196. The minimum atomic E-state index is -0.336. The zero-order chi connectivity index (χ0) is 21.8. The molecule has 2 aliphatic heterocycles. The summed E-state index contributed by atoms with van der Waals surface area (Å²) in [6.07, 6.45) is 0.504. The lowest BCUT2D eigenvalue weighted by Crippen LogP contribution is -2.40. The van der Waals surface area contributed by atoms with E-state index < -0.39 is 0 Å². The van der Waals surface area contributed by atoms with Crippen molar-refractivity contribution in [3.05, 3.63) is 64.1 Å². The Balaban J connectivity index is 1.32. The van der Waals surface area contributed by atoms with Crippen molar-refractivity contribution in [3.63, 3.8) is 0 Å². The average molecular weight is 486 g/mol. The van der Waals surface area contributed by atoms with Gasteiger partial charge in [-0.2, -0.15) is 0 Å². The monoisotopic (exact) mass is 485 g/mol. The fourth-order valence-corrected chi connectivity index (χ4v) is 4.75. The van der Waals surface area contributed by atoms with Crippen LogP contribution in [0.3, 0.4) is 0 Å². The number of anilines is 1. The first-order valence-corrected chi connectivity index (χ1v) is 11.5. The molecule has 2 saturated heterocycles. The predicted molar refractivity (Wildman–Crippen MR) is 124 cm³/mol. The molecule has 31 heavy (non-hydrogen) atoms. The highest BCUT2D eigenvalue weighted by molar-refractivity contribution is 9.10. The maximum Gasteiger partial charge on any atom is 0.227 e. The molecule has 2 atom stereocenters. The Morgan fingerprint density at radius 1 is 1.16 bits per heavy atom. The zero-order valence-corrected chi connectivity index (χ0v) is 19.3. The number of halogens is 1. The molecule has 0 bridgehead atoms. The second kappa shape index (κ2) is 9.94. The normalized spacial score (nSPS) is 22.0. The van der Waals surface area contributed by atoms with Gasteiger partial charge in [0.2, 0.25) is 11.8 Å². The first kappa shape index (κ1) is 22.0. The van der Waals surface area contributed by atoms with Crippen LogP contribution in [0.5, 0.6) is 0 Å². The van der Waals surface area contributed by atoms with E-state index in [1.54, 1.807) is 4.90 Å². The third-order valence-corrected chi connectivity index (χ3v) is 6.50. The van der Waals surface area contributed by atoms with Gasteiger partial charge in [0.25, 0.3) is 0 Å². The highest BCUT2D eigenvalue weighted by atomic mass is 79.9. The van der Waals surface area contributed by atoms with E-state index in [1.165, 1.54) is 5.56 Å². The van der Waals surface area contributed by atoms with Gasteiger partial charge in [-0.1, -0.05) is 36.4 Å². The number of hydrogen-bond donors (Lipinski definition) is 1. The van der Waals surface area contributed by atoms with Gasteiger partial charge in [0.05, 0.1) is 24.3 Å². The molecule has 2 amide bonds. The first-order valence-electron chi connectivity index (χ1n) is 10.7. The molecule has 1 N–H and O–H groups in total. The first-order chi connectivity index (χ1) is 15.0. The van der Waals surface area contributed by atoms with Crippen LogP contribution in [0.2, 0.25) is 0 Å². The van der Waals surface area contributed by atoms with Crippen LogP contribution in [-0.2, 0) is 27.4 Å². The molecule has 2 heterocycles. The van der Waals surface area contributed by atoms with Crippen LogP contribution in [0.4, 0.5) is 5.69 Å². The standard InChI is InChI=1S/C24H28BrN3O3/c1-17-14-27(9-10-31-17)15-19-6-4-5-18(11-19)13-26-24(30)20-12-23(29)28(16-20)22-8-3-2-7-21(22)25/h2-8,11,17,20H,9-10,12-16H2,1H3,(H,26,30). The van der Waals surface area contributed by atoms with Crippen molar-refractivity contribution in [1.82, 2.24) is 10.2 Å². The molecule has 6 nitrogen and oxygen atoms in total. The lowest BCUT2D eigenvalue weighted by molar-refractivity contribution is -0.126. The molecule has 4 rings (SSSR count). The number of nitrogens with zero attached hydrogens (tertiary/aromatic N) is 2. The Labute approximate surface area is 191 Å². The SMILES string of the molecule is CC1CN(Cc2cccc(CNC(=O)C3CC(=O)N(c4ccccc4Br)C3)c2)CCO1. The van der Waals surface area contributed by atoms with Crippen molar-refractivity contribution in [2.45, 2.75) is 32.5 Å². The van der Waals surface area contributed by atoms with Crippen molar-refractivity contribution in [3.8, 4) is 0 Å². The Morgan fingerprint density at radius 3 is 2.77 bits per heavy atom. The summed E-state index contributed by atoms with van der Waals surface area (Å²) in [5.41, 5.74) is 3.11. The number of carbonyl (C=O) groups is 2. The maximum absolute atomic E-state index is 12.7. The number of amides is 2. The number of rotatable bonds is 6. The van der Waals surface area contributed by atoms with Crippen LogP contribution >= 0.6 is 15.9 Å². The summed E-state index contributed by atoms with van der Waals surface area (Å²) in [4.78, 5) is 29.3. The largest absolute Gasteiger partial charge is 0.376 e. The van der Waals surface area contributed by atoms with Crippen LogP contribution in [-0.4, -0.2) is 49.1 Å². The molecule has 164 valence electrons. The molecule has 2 unspecified atom stereocenters. The van der Waals surface area contributed by atoms with Crippen molar-refractivity contribution < 1.29 is 14.3 Å². The smallest absolute Gasteiger partial charge is 0.227 e. The molecule has 0 aromatic heterocycles. The molecule has 0 radical (unpaired) electrons. The maximum atomic E-state index is 12.7. The summed E-state index contributed by atoms with van der Waals surface area (Å²) < 4.78 is 6.47. The number of carbonyl (C=O) groups excluding carboxylic acids is 2. The summed E-state index contributed by atoms with van der Waals surface area (Å²) in [6.45, 7) is 6.50. The quantitative estimate of drug-likeness (QED) is 0.681. The van der Waals surface area contributed by atoms with E-state index in [2.05, 4.69) is 45.2 Å². The van der Waals surface area contributed by atoms with Gasteiger partial charge < -0.3 is 15.0 Å². The summed E-state index contributed by atoms with van der Waals surface area (Å²) in [5, 5.41) is 3.02. The molecule has 0 saturated carbocycles. The molecule has 2 fully saturated rings. The van der Waals surface area contributed by atoms with Crippen LogP contribution in [0.15, 0.2) is 53.0 Å². The van der Waals surface area contributed by atoms with Crippen molar-refractivity contribution in [1.29, 1.82) is 0 Å². The van der Waals surface area contributed by atoms with Crippen molar-refractivity contribution in [2.24, 2.45) is 5.92 Å². The number of hydrogen-bond acceptors (Lipinski definition) is 4. The fourth-order valence-electron chi connectivity index (χ4n) is 4.25. The Bertz CT molecular complexity index is 951. The van der Waals surface area contributed by atoms with Gasteiger partial charge in [-0.25, -0.2) is 0 Å². The Morgan fingerprint density at radius 2 is 1.97 bits per heavy atom.